The molecular weight excluding hydrogens is 360 g/mol. The van der Waals surface area contributed by atoms with Gasteiger partial charge in [0.25, 0.3) is 0 Å². The third-order valence-corrected chi connectivity index (χ3v) is 5.47. The van der Waals surface area contributed by atoms with Crippen molar-refractivity contribution < 1.29 is 4.74 Å². The predicted molar refractivity (Wildman–Crippen MR) is 112 cm³/mol. The molecule has 1 fully saturated rings. The first-order chi connectivity index (χ1) is 13.2. The summed E-state index contributed by atoms with van der Waals surface area (Å²) in [7, 11) is 0. The Balaban J connectivity index is 1.59. The molecular formula is C19H32N6OS. The van der Waals surface area contributed by atoms with Crippen molar-refractivity contribution in [2.45, 2.75) is 39.8 Å². The maximum absolute atomic E-state index is 5.52. The van der Waals surface area contributed by atoms with Crippen LogP contribution in [0.3, 0.4) is 0 Å². The van der Waals surface area contributed by atoms with E-state index in [0.29, 0.717) is 18.5 Å². The van der Waals surface area contributed by atoms with Crippen LogP contribution in [0.2, 0.25) is 0 Å². The second-order valence-electron chi connectivity index (χ2n) is 7.33. The van der Waals surface area contributed by atoms with Crippen LogP contribution in [0.5, 0.6) is 0 Å². The Labute approximate surface area is 165 Å². The minimum Gasteiger partial charge on any atom is -0.379 e. The fourth-order valence-corrected chi connectivity index (χ4v) is 4.14. The van der Waals surface area contributed by atoms with Crippen molar-refractivity contribution in [2.24, 2.45) is 10.9 Å². The standard InChI is InChI=1S/C19H32N6OS/c1-4-20-18(21-12-16-14-25-7-10-27-19(25)23-16)22-13-17(11-15(2)3)24-5-8-26-9-6-24/h7,10,14-15,17H,4-6,8-9,11-13H2,1-3H3,(H2,20,21,22). The zero-order chi connectivity index (χ0) is 19.1. The van der Waals surface area contributed by atoms with Gasteiger partial charge in [-0.3, -0.25) is 9.30 Å². The van der Waals surface area contributed by atoms with Gasteiger partial charge in [-0.25, -0.2) is 9.98 Å². The van der Waals surface area contributed by atoms with E-state index >= 15 is 0 Å². The third kappa shape index (κ3) is 5.92. The lowest BCUT2D eigenvalue weighted by atomic mass is 10.0. The number of imidazole rings is 1. The Hall–Kier alpha value is -1.64. The van der Waals surface area contributed by atoms with E-state index < -0.39 is 0 Å². The van der Waals surface area contributed by atoms with Crippen molar-refractivity contribution in [3.05, 3.63) is 23.5 Å². The van der Waals surface area contributed by atoms with E-state index in [1.165, 1.54) is 6.42 Å². The average Bonchev–Trinajstić information content (AvgIpc) is 3.25. The van der Waals surface area contributed by atoms with Crippen LogP contribution < -0.4 is 10.6 Å². The molecule has 3 rings (SSSR count). The molecule has 7 nitrogen and oxygen atoms in total. The molecule has 1 aliphatic rings. The maximum Gasteiger partial charge on any atom is 0.193 e. The predicted octanol–water partition coefficient (Wildman–Crippen LogP) is 2.20. The second-order valence-corrected chi connectivity index (χ2v) is 8.21. The summed E-state index contributed by atoms with van der Waals surface area (Å²) in [5.74, 6) is 1.52. The second kappa shape index (κ2) is 10.1. The molecule has 27 heavy (non-hydrogen) atoms. The van der Waals surface area contributed by atoms with Crippen LogP contribution >= 0.6 is 11.3 Å². The quantitative estimate of drug-likeness (QED) is 0.533. The Morgan fingerprint density at radius 2 is 2.15 bits per heavy atom. The molecule has 1 atom stereocenters. The monoisotopic (exact) mass is 392 g/mol. The largest absolute Gasteiger partial charge is 0.379 e. The smallest absolute Gasteiger partial charge is 0.193 e. The van der Waals surface area contributed by atoms with Crippen LogP contribution in [0.15, 0.2) is 22.8 Å². The van der Waals surface area contributed by atoms with Crippen LogP contribution in [0.25, 0.3) is 4.96 Å². The first-order valence-corrected chi connectivity index (χ1v) is 10.8. The summed E-state index contributed by atoms with van der Waals surface area (Å²) in [5.41, 5.74) is 0.992. The van der Waals surface area contributed by atoms with Crippen LogP contribution in [0.4, 0.5) is 0 Å². The highest BCUT2D eigenvalue weighted by Gasteiger charge is 2.22. The van der Waals surface area contributed by atoms with Crippen molar-refractivity contribution in [1.29, 1.82) is 0 Å². The number of hydrogen-bond acceptors (Lipinski definition) is 5. The molecule has 2 N–H and O–H groups in total. The van der Waals surface area contributed by atoms with Gasteiger partial charge in [0.2, 0.25) is 0 Å². The number of nitrogens with zero attached hydrogens (tertiary/aromatic N) is 4. The molecule has 3 heterocycles. The number of fused-ring (bicyclic) bond motifs is 1. The first kappa shape index (κ1) is 20.1. The van der Waals surface area contributed by atoms with E-state index in [2.05, 4.69) is 41.3 Å². The number of guanidine groups is 1. The van der Waals surface area contributed by atoms with Crippen molar-refractivity contribution >= 4 is 22.3 Å². The van der Waals surface area contributed by atoms with Gasteiger partial charge in [-0.2, -0.15) is 0 Å². The van der Waals surface area contributed by atoms with E-state index in [1.807, 2.05) is 22.2 Å². The van der Waals surface area contributed by atoms with Crippen LogP contribution in [-0.2, 0) is 11.3 Å². The highest BCUT2D eigenvalue weighted by Crippen LogP contribution is 2.13. The SMILES string of the molecule is CCNC(=NCc1cn2ccsc2n1)NCC(CC(C)C)N1CCOCC1. The van der Waals surface area contributed by atoms with Gasteiger partial charge in [-0.05, 0) is 19.3 Å². The average molecular weight is 393 g/mol. The molecule has 2 aromatic rings. The summed E-state index contributed by atoms with van der Waals surface area (Å²) in [6.45, 7) is 12.7. The first-order valence-electron chi connectivity index (χ1n) is 9.90. The molecule has 1 unspecified atom stereocenters. The Kier molecular flexibility index (Phi) is 7.49. The minimum absolute atomic E-state index is 0.496. The fourth-order valence-electron chi connectivity index (χ4n) is 3.42. The van der Waals surface area contributed by atoms with E-state index in [-0.39, 0.29) is 0 Å². The fraction of sp³-hybridized carbons (Fsp3) is 0.684. The molecule has 0 aromatic carbocycles. The zero-order valence-corrected chi connectivity index (χ0v) is 17.5. The molecule has 0 spiro atoms. The van der Waals surface area contributed by atoms with Gasteiger partial charge in [-0.1, -0.05) is 13.8 Å². The van der Waals surface area contributed by atoms with E-state index in [1.54, 1.807) is 11.3 Å². The van der Waals surface area contributed by atoms with Crippen LogP contribution in [0, 0.1) is 5.92 Å². The van der Waals surface area contributed by atoms with Crippen molar-refractivity contribution in [1.82, 2.24) is 24.9 Å². The number of ether oxygens (including phenoxy) is 1. The molecule has 0 amide bonds. The highest BCUT2D eigenvalue weighted by atomic mass is 32.1. The van der Waals surface area contributed by atoms with E-state index in [9.17, 15) is 0 Å². The van der Waals surface area contributed by atoms with Crippen molar-refractivity contribution in [3.8, 4) is 0 Å². The maximum atomic E-state index is 5.52. The van der Waals surface area contributed by atoms with Gasteiger partial charge in [-0.15, -0.1) is 11.3 Å². The summed E-state index contributed by atoms with van der Waals surface area (Å²) >= 11 is 1.64. The molecule has 2 aromatic heterocycles. The molecule has 0 saturated carbocycles. The Morgan fingerprint density at radius 1 is 1.33 bits per heavy atom. The molecule has 0 bridgehead atoms. The van der Waals surface area contributed by atoms with Gasteiger partial charge < -0.3 is 15.4 Å². The third-order valence-electron chi connectivity index (χ3n) is 4.70. The normalized spacial score (nSPS) is 17.6. The minimum atomic E-state index is 0.496. The number of aliphatic imine (C=N–C) groups is 1. The van der Waals surface area contributed by atoms with Gasteiger partial charge in [0.1, 0.15) is 0 Å². The van der Waals surface area contributed by atoms with Crippen molar-refractivity contribution in [3.63, 3.8) is 0 Å². The Bertz CT molecular complexity index is 690. The van der Waals surface area contributed by atoms with E-state index in [4.69, 9.17) is 9.73 Å². The van der Waals surface area contributed by atoms with Gasteiger partial charge in [0.05, 0.1) is 25.5 Å². The van der Waals surface area contributed by atoms with Crippen molar-refractivity contribution in [2.75, 3.05) is 39.4 Å². The van der Waals surface area contributed by atoms with Gasteiger partial charge >= 0.3 is 0 Å². The molecule has 1 aliphatic heterocycles. The Morgan fingerprint density at radius 3 is 2.85 bits per heavy atom. The summed E-state index contributed by atoms with van der Waals surface area (Å²) in [4.78, 5) is 12.9. The highest BCUT2D eigenvalue weighted by molar-refractivity contribution is 7.15. The number of hydrogen-bond donors (Lipinski definition) is 2. The van der Waals surface area contributed by atoms with Gasteiger partial charge in [0.15, 0.2) is 10.9 Å². The molecule has 1 saturated heterocycles. The molecule has 0 aliphatic carbocycles. The lowest BCUT2D eigenvalue weighted by Gasteiger charge is -2.35. The van der Waals surface area contributed by atoms with Crippen LogP contribution in [-0.4, -0.2) is 65.7 Å². The number of morpholine rings is 1. The number of thiazole rings is 1. The topological polar surface area (TPSA) is 66.2 Å². The summed E-state index contributed by atoms with van der Waals surface area (Å²) < 4.78 is 7.57. The molecule has 8 heteroatoms. The molecule has 0 radical (unpaired) electrons. The number of rotatable bonds is 8. The lowest BCUT2D eigenvalue weighted by Crippen LogP contribution is -2.51. The van der Waals surface area contributed by atoms with Crippen LogP contribution in [0.1, 0.15) is 32.9 Å². The van der Waals surface area contributed by atoms with E-state index in [0.717, 1.165) is 56.0 Å². The summed E-state index contributed by atoms with van der Waals surface area (Å²) in [5, 5.41) is 8.94. The zero-order valence-electron chi connectivity index (χ0n) is 16.6. The summed E-state index contributed by atoms with van der Waals surface area (Å²) in [6, 6.07) is 0.496. The summed E-state index contributed by atoms with van der Waals surface area (Å²) in [6.07, 6.45) is 5.25. The number of nitrogens with one attached hydrogen (secondary N) is 2. The van der Waals surface area contributed by atoms with Gasteiger partial charge in [0, 0.05) is 50.0 Å². The number of aromatic nitrogens is 2. The molecule has 150 valence electrons. The lowest BCUT2D eigenvalue weighted by molar-refractivity contribution is 0.0132.